The van der Waals surface area contributed by atoms with E-state index in [0.29, 0.717) is 0 Å². The maximum Gasteiger partial charge on any atom is 0.416 e. The van der Waals surface area contributed by atoms with E-state index in [-0.39, 0.29) is 22.0 Å². The number of sulfone groups is 1. The molecular weight excluding hydrogens is 544 g/mol. The van der Waals surface area contributed by atoms with Crippen molar-refractivity contribution < 1.29 is 45.4 Å². The van der Waals surface area contributed by atoms with Crippen molar-refractivity contribution in [2.24, 2.45) is 5.73 Å². The highest BCUT2D eigenvalue weighted by molar-refractivity contribution is 7.93. The minimum absolute atomic E-state index is 0.0715. The van der Waals surface area contributed by atoms with Crippen LogP contribution in [0.2, 0.25) is 0 Å². The smallest absolute Gasteiger partial charge is 0.416 e. The van der Waals surface area contributed by atoms with Crippen LogP contribution in [0.1, 0.15) is 28.8 Å². The second-order valence-electron chi connectivity index (χ2n) is 8.87. The van der Waals surface area contributed by atoms with E-state index < -0.39 is 69.6 Å². The van der Waals surface area contributed by atoms with Crippen LogP contribution in [0.25, 0.3) is 0 Å². The largest absolute Gasteiger partial charge is 0.457 e. The fraction of sp³-hybridized carbons (Fsp3) is 0.231. The van der Waals surface area contributed by atoms with Crippen LogP contribution >= 0.6 is 0 Å². The molecule has 2 atom stereocenters. The van der Waals surface area contributed by atoms with Gasteiger partial charge in [-0.2, -0.15) is 13.2 Å². The third-order valence-corrected chi connectivity index (χ3v) is 9.00. The first-order valence-corrected chi connectivity index (χ1v) is 13.0. The fourth-order valence-corrected chi connectivity index (χ4v) is 6.28. The molecular formula is C26H22F4N2O6S. The third kappa shape index (κ3) is 5.32. The van der Waals surface area contributed by atoms with Gasteiger partial charge in [-0.05, 0) is 67.1 Å². The summed E-state index contributed by atoms with van der Waals surface area (Å²) in [6.07, 6.45) is -7.46. The van der Waals surface area contributed by atoms with Crippen LogP contribution in [0.3, 0.4) is 0 Å². The van der Waals surface area contributed by atoms with Crippen LogP contribution < -0.4 is 10.5 Å². The Balaban J connectivity index is 1.54. The lowest BCUT2D eigenvalue weighted by molar-refractivity contribution is -0.137. The zero-order chi connectivity index (χ0) is 28.6. The van der Waals surface area contributed by atoms with Crippen LogP contribution in [0, 0.1) is 5.82 Å². The lowest BCUT2D eigenvalue weighted by Crippen LogP contribution is -2.61. The molecule has 13 heteroatoms. The standard InChI is InChI=1S/C26H22F4N2O6S/c27-21-4-2-1-3-20(21)23(34)32-14-13-25(24(31)35,15-22(32)33)39(36,37)19-11-9-18(10-12-19)38-17-7-5-16(6-8-17)26(28,29)30/h1-12,22,33H,13-15H2,(H2,31,35). The van der Waals surface area contributed by atoms with Gasteiger partial charge in [-0.3, -0.25) is 9.59 Å². The molecule has 8 nitrogen and oxygen atoms in total. The fourth-order valence-electron chi connectivity index (χ4n) is 4.34. The van der Waals surface area contributed by atoms with Crippen molar-refractivity contribution in [3.63, 3.8) is 0 Å². The number of carbonyl (C=O) groups excluding carboxylic acids is 2. The summed E-state index contributed by atoms with van der Waals surface area (Å²) < 4.78 is 82.7. The normalized spacial score (nSPS) is 19.9. The van der Waals surface area contributed by atoms with Crippen LogP contribution in [-0.2, 0) is 20.8 Å². The van der Waals surface area contributed by atoms with E-state index in [4.69, 9.17) is 10.5 Å². The molecule has 1 aliphatic rings. The number of aliphatic hydroxyl groups excluding tert-OH is 1. The Morgan fingerprint density at radius 2 is 1.54 bits per heavy atom. The van der Waals surface area contributed by atoms with E-state index in [0.717, 1.165) is 47.4 Å². The van der Waals surface area contributed by atoms with Crippen molar-refractivity contribution >= 4 is 21.7 Å². The zero-order valence-corrected chi connectivity index (χ0v) is 20.9. The second kappa shape index (κ2) is 10.3. The molecule has 3 aromatic carbocycles. The highest BCUT2D eigenvalue weighted by Crippen LogP contribution is 2.39. The Kier molecular flexibility index (Phi) is 7.41. The number of likely N-dealkylation sites (tertiary alicyclic amines) is 1. The number of nitrogens with two attached hydrogens (primary N) is 1. The summed E-state index contributed by atoms with van der Waals surface area (Å²) in [6, 6.07) is 13.7. The van der Waals surface area contributed by atoms with Crippen molar-refractivity contribution in [2.75, 3.05) is 6.54 Å². The van der Waals surface area contributed by atoms with Gasteiger partial charge in [0.25, 0.3) is 5.91 Å². The monoisotopic (exact) mass is 566 g/mol. The number of primary amides is 1. The molecule has 0 bridgehead atoms. The number of piperidine rings is 1. The van der Waals surface area contributed by atoms with Gasteiger partial charge >= 0.3 is 6.18 Å². The van der Waals surface area contributed by atoms with Gasteiger partial charge in [-0.1, -0.05) is 12.1 Å². The predicted molar refractivity (Wildman–Crippen MR) is 130 cm³/mol. The number of aliphatic hydroxyl groups is 1. The molecule has 2 unspecified atom stereocenters. The molecule has 39 heavy (non-hydrogen) atoms. The molecule has 0 aromatic heterocycles. The first-order valence-electron chi connectivity index (χ1n) is 11.5. The number of hydrogen-bond donors (Lipinski definition) is 2. The number of carbonyl (C=O) groups is 2. The van der Waals surface area contributed by atoms with E-state index in [1.54, 1.807) is 0 Å². The minimum atomic E-state index is -4.52. The molecule has 1 heterocycles. The molecule has 4 rings (SSSR count). The number of hydrogen-bond acceptors (Lipinski definition) is 6. The maximum atomic E-state index is 14.1. The molecule has 3 aromatic rings. The summed E-state index contributed by atoms with van der Waals surface area (Å²) >= 11 is 0. The van der Waals surface area contributed by atoms with Crippen LogP contribution in [-0.4, -0.2) is 47.8 Å². The number of rotatable bonds is 6. The average Bonchev–Trinajstić information content (AvgIpc) is 2.88. The van der Waals surface area contributed by atoms with Crippen molar-refractivity contribution in [3.05, 3.63) is 89.7 Å². The Morgan fingerprint density at radius 1 is 0.974 bits per heavy atom. The van der Waals surface area contributed by atoms with Crippen molar-refractivity contribution in [3.8, 4) is 11.5 Å². The molecule has 3 N–H and O–H groups in total. The van der Waals surface area contributed by atoms with Gasteiger partial charge in [0.1, 0.15) is 23.5 Å². The van der Waals surface area contributed by atoms with Crippen LogP contribution in [0.4, 0.5) is 17.6 Å². The molecule has 2 amide bonds. The summed E-state index contributed by atoms with van der Waals surface area (Å²) in [5, 5.41) is 10.7. The molecule has 1 fully saturated rings. The van der Waals surface area contributed by atoms with Gasteiger partial charge in [-0.15, -0.1) is 0 Å². The maximum absolute atomic E-state index is 14.1. The molecule has 0 spiro atoms. The average molecular weight is 567 g/mol. The number of nitrogens with zero attached hydrogens (tertiary/aromatic N) is 1. The van der Waals surface area contributed by atoms with Crippen LogP contribution in [0.15, 0.2) is 77.7 Å². The highest BCUT2D eigenvalue weighted by Gasteiger charge is 2.55. The van der Waals surface area contributed by atoms with E-state index in [1.807, 2.05) is 0 Å². The molecule has 1 saturated heterocycles. The van der Waals surface area contributed by atoms with Crippen molar-refractivity contribution in [2.45, 2.75) is 34.9 Å². The summed E-state index contributed by atoms with van der Waals surface area (Å²) in [4.78, 5) is 25.8. The number of amides is 2. The van der Waals surface area contributed by atoms with E-state index in [9.17, 15) is 40.7 Å². The van der Waals surface area contributed by atoms with Gasteiger partial charge in [0.2, 0.25) is 5.91 Å². The Bertz CT molecular complexity index is 1490. The summed E-state index contributed by atoms with van der Waals surface area (Å²) in [7, 11) is -4.52. The molecule has 0 radical (unpaired) electrons. The SMILES string of the molecule is NC(=O)C1(S(=O)(=O)c2ccc(Oc3ccc(C(F)(F)F)cc3)cc2)CCN(C(=O)c2ccccc2F)C(O)C1. The number of alkyl halides is 3. The number of halogens is 4. The van der Waals surface area contributed by atoms with Crippen molar-refractivity contribution in [1.82, 2.24) is 4.90 Å². The first-order chi connectivity index (χ1) is 18.3. The highest BCUT2D eigenvalue weighted by atomic mass is 32.2. The number of ether oxygens (including phenoxy) is 1. The third-order valence-electron chi connectivity index (χ3n) is 6.51. The molecule has 206 valence electrons. The Morgan fingerprint density at radius 3 is 2.05 bits per heavy atom. The molecule has 1 aliphatic heterocycles. The Labute approximate surface area is 220 Å². The summed E-state index contributed by atoms with van der Waals surface area (Å²) in [5.74, 6) is -2.76. The van der Waals surface area contributed by atoms with E-state index in [1.165, 1.54) is 30.3 Å². The lowest BCUT2D eigenvalue weighted by Gasteiger charge is -2.42. The topological polar surface area (TPSA) is 127 Å². The van der Waals surface area contributed by atoms with Gasteiger partial charge in [-0.25, -0.2) is 12.8 Å². The number of benzene rings is 3. The quantitative estimate of drug-likeness (QED) is 0.436. The zero-order valence-electron chi connectivity index (χ0n) is 20.1. The predicted octanol–water partition coefficient (Wildman–Crippen LogP) is 3.89. The van der Waals surface area contributed by atoms with Gasteiger partial charge < -0.3 is 20.5 Å². The van der Waals surface area contributed by atoms with Gasteiger partial charge in [0, 0.05) is 13.0 Å². The van der Waals surface area contributed by atoms with Crippen LogP contribution in [0.5, 0.6) is 11.5 Å². The summed E-state index contributed by atoms with van der Waals surface area (Å²) in [6.45, 7) is -0.397. The van der Waals surface area contributed by atoms with E-state index >= 15 is 0 Å². The minimum Gasteiger partial charge on any atom is -0.457 e. The van der Waals surface area contributed by atoms with Crippen molar-refractivity contribution in [1.29, 1.82) is 0 Å². The van der Waals surface area contributed by atoms with E-state index in [2.05, 4.69) is 0 Å². The second-order valence-corrected chi connectivity index (χ2v) is 11.1. The van der Waals surface area contributed by atoms with Gasteiger partial charge in [0.15, 0.2) is 14.6 Å². The molecule has 0 aliphatic carbocycles. The Hall–Kier alpha value is -3.97. The lowest BCUT2D eigenvalue weighted by atomic mass is 9.93. The first kappa shape index (κ1) is 28.0. The van der Waals surface area contributed by atoms with Gasteiger partial charge in [0.05, 0.1) is 16.0 Å². The summed E-state index contributed by atoms with van der Waals surface area (Å²) in [5.41, 5.74) is 4.33. The molecule has 0 saturated carbocycles.